The van der Waals surface area contributed by atoms with Crippen LogP contribution in [0.25, 0.3) is 11.3 Å². The summed E-state index contributed by atoms with van der Waals surface area (Å²) in [5.74, 6) is 0.495. The lowest BCUT2D eigenvalue weighted by molar-refractivity contribution is 0.0936. The summed E-state index contributed by atoms with van der Waals surface area (Å²) in [6, 6.07) is 17.1. The fourth-order valence-corrected chi connectivity index (χ4v) is 3.04. The van der Waals surface area contributed by atoms with Crippen LogP contribution in [0.5, 0.6) is 0 Å². The highest BCUT2D eigenvalue weighted by Crippen LogP contribution is 2.23. The smallest absolute Gasteiger partial charge is 0.255 e. The van der Waals surface area contributed by atoms with E-state index in [4.69, 9.17) is 4.42 Å². The number of nitrogens with zero attached hydrogens (tertiary/aromatic N) is 3. The molecule has 3 aromatic heterocycles. The van der Waals surface area contributed by atoms with Gasteiger partial charge < -0.3 is 9.73 Å². The third-order valence-electron chi connectivity index (χ3n) is 4.45. The summed E-state index contributed by atoms with van der Waals surface area (Å²) in [5.41, 5.74) is 3.01. The zero-order chi connectivity index (χ0) is 19.3. The van der Waals surface area contributed by atoms with Gasteiger partial charge in [-0.2, -0.15) is 5.10 Å². The second-order valence-electron chi connectivity index (χ2n) is 6.53. The highest BCUT2D eigenvalue weighted by atomic mass is 16.3. The van der Waals surface area contributed by atoms with Crippen LogP contribution in [-0.4, -0.2) is 20.7 Å². The highest BCUT2D eigenvalue weighted by Gasteiger charge is 2.21. The minimum Gasteiger partial charge on any atom is -0.467 e. The molecule has 140 valence electrons. The van der Waals surface area contributed by atoms with Gasteiger partial charge >= 0.3 is 0 Å². The summed E-state index contributed by atoms with van der Waals surface area (Å²) in [4.78, 5) is 17.1. The topological polar surface area (TPSA) is 73.0 Å². The van der Waals surface area contributed by atoms with Crippen molar-refractivity contribution in [1.29, 1.82) is 0 Å². The van der Waals surface area contributed by atoms with Crippen LogP contribution in [0.3, 0.4) is 0 Å². The molecule has 28 heavy (non-hydrogen) atoms. The number of amides is 1. The monoisotopic (exact) mass is 372 g/mol. The van der Waals surface area contributed by atoms with Crippen molar-refractivity contribution < 1.29 is 9.21 Å². The van der Waals surface area contributed by atoms with Crippen molar-refractivity contribution in [3.8, 4) is 11.3 Å². The highest BCUT2D eigenvalue weighted by molar-refractivity contribution is 5.99. The van der Waals surface area contributed by atoms with E-state index in [-0.39, 0.29) is 11.9 Å². The van der Waals surface area contributed by atoms with Crippen LogP contribution in [0.2, 0.25) is 0 Å². The average molecular weight is 372 g/mol. The fourth-order valence-electron chi connectivity index (χ4n) is 3.04. The first-order chi connectivity index (χ1) is 13.7. The van der Waals surface area contributed by atoms with E-state index in [0.717, 1.165) is 11.1 Å². The van der Waals surface area contributed by atoms with E-state index in [9.17, 15) is 4.79 Å². The molecule has 1 aromatic carbocycles. The summed E-state index contributed by atoms with van der Waals surface area (Å²) in [6.45, 7) is 2.46. The van der Waals surface area contributed by atoms with Crippen LogP contribution in [-0.2, 0) is 6.54 Å². The molecule has 0 aliphatic rings. The van der Waals surface area contributed by atoms with Gasteiger partial charge in [0.05, 0.1) is 24.4 Å². The van der Waals surface area contributed by atoms with Gasteiger partial charge in [-0.05, 0) is 36.8 Å². The Bertz CT molecular complexity index is 1040. The zero-order valence-electron chi connectivity index (χ0n) is 15.4. The van der Waals surface area contributed by atoms with Gasteiger partial charge in [-0.15, -0.1) is 0 Å². The molecule has 6 heteroatoms. The third kappa shape index (κ3) is 3.86. The van der Waals surface area contributed by atoms with Gasteiger partial charge in [0.25, 0.3) is 5.91 Å². The van der Waals surface area contributed by atoms with E-state index in [1.54, 1.807) is 35.6 Å². The maximum Gasteiger partial charge on any atom is 0.255 e. The number of hydrogen-bond acceptors (Lipinski definition) is 4. The van der Waals surface area contributed by atoms with Gasteiger partial charge in [0.2, 0.25) is 0 Å². The lowest BCUT2D eigenvalue weighted by Gasteiger charge is -2.11. The fraction of sp³-hybridized carbons (Fsp3) is 0.136. The molecule has 4 rings (SSSR count). The van der Waals surface area contributed by atoms with Gasteiger partial charge in [0.1, 0.15) is 11.5 Å². The molecule has 0 unspecified atom stereocenters. The van der Waals surface area contributed by atoms with Crippen LogP contribution < -0.4 is 5.32 Å². The second-order valence-corrected chi connectivity index (χ2v) is 6.53. The molecule has 4 aromatic rings. The standard InChI is InChI=1S/C22H20N4O2/c1-16(20-10-6-12-28-20)24-22(27)19-15-26(14-17-7-3-2-4-8-17)25-21(19)18-9-5-11-23-13-18/h2-13,15-16H,14H2,1H3,(H,24,27)/t16-/m1/s1. The van der Waals surface area contributed by atoms with Crippen LogP contribution >= 0.6 is 0 Å². The number of benzene rings is 1. The largest absolute Gasteiger partial charge is 0.467 e. The van der Waals surface area contributed by atoms with Crippen molar-refractivity contribution in [2.75, 3.05) is 0 Å². The summed E-state index contributed by atoms with van der Waals surface area (Å²) in [5, 5.41) is 7.64. The Labute approximate surface area is 162 Å². The first-order valence-corrected chi connectivity index (χ1v) is 9.07. The molecular weight excluding hydrogens is 352 g/mol. The predicted molar refractivity (Wildman–Crippen MR) is 106 cm³/mol. The van der Waals surface area contributed by atoms with E-state index in [0.29, 0.717) is 23.6 Å². The van der Waals surface area contributed by atoms with E-state index >= 15 is 0 Å². The SMILES string of the molecule is C[C@@H](NC(=O)c1cn(Cc2ccccc2)nc1-c1cccnc1)c1ccco1. The normalized spacial score (nSPS) is 11.9. The number of pyridine rings is 1. The molecule has 0 bridgehead atoms. The third-order valence-corrected chi connectivity index (χ3v) is 4.45. The Morgan fingerprint density at radius 2 is 2.00 bits per heavy atom. The van der Waals surface area contributed by atoms with Crippen LogP contribution in [0.15, 0.2) is 83.9 Å². The van der Waals surface area contributed by atoms with Crippen LogP contribution in [0, 0.1) is 0 Å². The molecule has 1 atom stereocenters. The van der Waals surface area contributed by atoms with Gasteiger partial charge in [0.15, 0.2) is 0 Å². The lowest BCUT2D eigenvalue weighted by Crippen LogP contribution is -2.26. The van der Waals surface area contributed by atoms with Gasteiger partial charge in [-0.25, -0.2) is 0 Å². The van der Waals surface area contributed by atoms with E-state index < -0.39 is 0 Å². The van der Waals surface area contributed by atoms with E-state index in [2.05, 4.69) is 15.4 Å². The van der Waals surface area contributed by atoms with Gasteiger partial charge in [-0.1, -0.05) is 30.3 Å². The molecule has 0 aliphatic heterocycles. The quantitative estimate of drug-likeness (QED) is 0.554. The van der Waals surface area contributed by atoms with Crippen molar-refractivity contribution in [3.63, 3.8) is 0 Å². The Morgan fingerprint density at radius 3 is 2.71 bits per heavy atom. The molecule has 0 fully saturated rings. The Kier molecular flexibility index (Phi) is 5.01. The molecule has 0 spiro atoms. The first-order valence-electron chi connectivity index (χ1n) is 9.07. The van der Waals surface area contributed by atoms with Crippen molar-refractivity contribution in [2.45, 2.75) is 19.5 Å². The van der Waals surface area contributed by atoms with Crippen molar-refractivity contribution >= 4 is 5.91 Å². The number of rotatable bonds is 6. The second kappa shape index (κ2) is 7.92. The Morgan fingerprint density at radius 1 is 1.14 bits per heavy atom. The van der Waals surface area contributed by atoms with Crippen molar-refractivity contribution in [3.05, 3.63) is 96.3 Å². The van der Waals surface area contributed by atoms with Crippen molar-refractivity contribution in [1.82, 2.24) is 20.1 Å². The Hall–Kier alpha value is -3.67. The molecule has 0 aliphatic carbocycles. The molecule has 0 saturated carbocycles. The van der Waals surface area contributed by atoms with Gasteiger partial charge in [-0.3, -0.25) is 14.5 Å². The number of hydrogen-bond donors (Lipinski definition) is 1. The minimum atomic E-state index is -0.248. The number of aromatic nitrogens is 3. The molecule has 1 N–H and O–H groups in total. The van der Waals surface area contributed by atoms with Gasteiger partial charge in [0, 0.05) is 24.2 Å². The van der Waals surface area contributed by atoms with E-state index in [1.165, 1.54) is 0 Å². The number of carbonyl (C=O) groups is 1. The summed E-state index contributed by atoms with van der Waals surface area (Å²) >= 11 is 0. The van der Waals surface area contributed by atoms with Crippen molar-refractivity contribution in [2.24, 2.45) is 0 Å². The predicted octanol–water partition coefficient (Wildman–Crippen LogP) is 4.08. The lowest BCUT2D eigenvalue weighted by atomic mass is 10.1. The number of carbonyl (C=O) groups excluding carboxylic acids is 1. The number of nitrogens with one attached hydrogen (secondary N) is 1. The molecule has 3 heterocycles. The summed E-state index contributed by atoms with van der Waals surface area (Å²) < 4.78 is 7.17. The maximum absolute atomic E-state index is 13.0. The molecular formula is C22H20N4O2. The molecule has 0 radical (unpaired) electrons. The molecule has 6 nitrogen and oxygen atoms in total. The van der Waals surface area contributed by atoms with Crippen LogP contribution in [0.4, 0.5) is 0 Å². The van der Waals surface area contributed by atoms with Crippen LogP contribution in [0.1, 0.15) is 34.6 Å². The Balaban J connectivity index is 1.65. The first kappa shape index (κ1) is 17.7. The minimum absolute atomic E-state index is 0.206. The molecule has 1 amide bonds. The van der Waals surface area contributed by atoms with E-state index in [1.807, 2.05) is 55.5 Å². The summed E-state index contributed by atoms with van der Waals surface area (Å²) in [7, 11) is 0. The number of furan rings is 1. The zero-order valence-corrected chi connectivity index (χ0v) is 15.4. The maximum atomic E-state index is 13.0. The molecule has 0 saturated heterocycles. The average Bonchev–Trinajstić information content (AvgIpc) is 3.40. The summed E-state index contributed by atoms with van der Waals surface area (Å²) in [6.07, 6.45) is 6.78.